The summed E-state index contributed by atoms with van der Waals surface area (Å²) in [6.07, 6.45) is 6.35. The van der Waals surface area contributed by atoms with Crippen LogP contribution in [0.3, 0.4) is 0 Å². The molecule has 112 valence electrons. The summed E-state index contributed by atoms with van der Waals surface area (Å²) in [6.45, 7) is 15.5. The van der Waals surface area contributed by atoms with Gasteiger partial charge >= 0.3 is 0 Å². The van der Waals surface area contributed by atoms with Gasteiger partial charge < -0.3 is 0 Å². The van der Waals surface area contributed by atoms with E-state index in [0.29, 0.717) is 5.41 Å². The summed E-state index contributed by atoms with van der Waals surface area (Å²) in [5, 5.41) is 0. The first kappa shape index (κ1) is 20.5. The topological polar surface area (TPSA) is 0 Å². The molecule has 0 radical (unpaired) electrons. The third kappa shape index (κ3) is 19.7. The third-order valence-electron chi connectivity index (χ3n) is 2.38. The van der Waals surface area contributed by atoms with Gasteiger partial charge in [-0.15, -0.1) is 0 Å². The number of benzene rings is 1. The van der Waals surface area contributed by atoms with Crippen molar-refractivity contribution >= 4 is 0 Å². The van der Waals surface area contributed by atoms with Crippen LogP contribution in [0.25, 0.3) is 0 Å². The largest absolute Gasteiger partial charge is 0.0656 e. The molecule has 1 aromatic rings. The van der Waals surface area contributed by atoms with Crippen LogP contribution < -0.4 is 0 Å². The van der Waals surface area contributed by atoms with Crippen LogP contribution in [0.5, 0.6) is 0 Å². The number of aryl methyl sites for hydroxylation is 1. The van der Waals surface area contributed by atoms with E-state index in [4.69, 9.17) is 0 Å². The predicted molar refractivity (Wildman–Crippen MR) is 90.8 cm³/mol. The zero-order valence-corrected chi connectivity index (χ0v) is 14.4. The molecule has 0 saturated heterocycles. The van der Waals surface area contributed by atoms with E-state index < -0.39 is 0 Å². The molecule has 0 amide bonds. The zero-order valence-electron chi connectivity index (χ0n) is 14.4. The Bertz CT molecular complexity index is 253. The standard InChI is InChI=1S/C9H12.C7H16.C3H8/c1-2-6-9-7-4-3-5-8-9;1-5-6-7(2,3)4;1-3-2/h3-5,7-8H,2,6H2,1H3;5-6H2,1-4H3;3H2,1-2H3. The van der Waals surface area contributed by atoms with Gasteiger partial charge in [-0.05, 0) is 23.8 Å². The fourth-order valence-electron chi connectivity index (χ4n) is 1.68. The predicted octanol–water partition coefficient (Wildman–Crippen LogP) is 6.89. The van der Waals surface area contributed by atoms with Crippen molar-refractivity contribution in [2.45, 2.75) is 80.6 Å². The fourth-order valence-corrected chi connectivity index (χ4v) is 1.68. The Morgan fingerprint density at radius 2 is 1.26 bits per heavy atom. The monoisotopic (exact) mass is 264 g/mol. The maximum Gasteiger partial charge on any atom is -0.0281 e. The van der Waals surface area contributed by atoms with Crippen molar-refractivity contribution in [1.82, 2.24) is 0 Å². The molecule has 19 heavy (non-hydrogen) atoms. The van der Waals surface area contributed by atoms with Crippen LogP contribution in [0.2, 0.25) is 0 Å². The van der Waals surface area contributed by atoms with Gasteiger partial charge in [0.25, 0.3) is 0 Å². The molecule has 0 fully saturated rings. The lowest BCUT2D eigenvalue weighted by molar-refractivity contribution is 0.373. The lowest BCUT2D eigenvalue weighted by Crippen LogP contribution is -2.02. The first-order valence-electron chi connectivity index (χ1n) is 7.95. The first-order valence-corrected chi connectivity index (χ1v) is 7.95. The van der Waals surface area contributed by atoms with E-state index in [0.717, 1.165) is 0 Å². The van der Waals surface area contributed by atoms with Crippen LogP contribution in [0.4, 0.5) is 0 Å². The zero-order chi connectivity index (χ0) is 15.1. The Labute approximate surface area is 122 Å². The summed E-state index contributed by atoms with van der Waals surface area (Å²) in [5.41, 5.74) is 1.99. The third-order valence-corrected chi connectivity index (χ3v) is 2.38. The maximum absolute atomic E-state index is 2.27. The van der Waals surface area contributed by atoms with Crippen molar-refractivity contribution in [2.75, 3.05) is 0 Å². The van der Waals surface area contributed by atoms with Crippen LogP contribution in [-0.2, 0) is 6.42 Å². The highest BCUT2D eigenvalue weighted by atomic mass is 14.1. The van der Waals surface area contributed by atoms with E-state index in [-0.39, 0.29) is 0 Å². The second-order valence-electron chi connectivity index (χ2n) is 6.25. The van der Waals surface area contributed by atoms with Gasteiger partial charge in [-0.1, -0.05) is 98.1 Å². The molecule has 0 aliphatic carbocycles. The Kier molecular flexibility index (Phi) is 14.8. The fraction of sp³-hybridized carbons (Fsp3) is 0.684. The molecule has 0 bridgehead atoms. The van der Waals surface area contributed by atoms with Crippen LogP contribution in [0.1, 0.15) is 79.7 Å². The second-order valence-corrected chi connectivity index (χ2v) is 6.25. The summed E-state index contributed by atoms with van der Waals surface area (Å²) < 4.78 is 0. The molecule has 0 heterocycles. The molecule has 0 aromatic heterocycles. The lowest BCUT2D eigenvalue weighted by atomic mass is 9.91. The minimum Gasteiger partial charge on any atom is -0.0656 e. The van der Waals surface area contributed by atoms with Gasteiger partial charge in [-0.2, -0.15) is 0 Å². The Balaban J connectivity index is 0. The highest BCUT2D eigenvalue weighted by molar-refractivity contribution is 5.14. The van der Waals surface area contributed by atoms with Gasteiger partial charge in [-0.25, -0.2) is 0 Å². The summed E-state index contributed by atoms with van der Waals surface area (Å²) >= 11 is 0. The Morgan fingerprint density at radius 1 is 0.789 bits per heavy atom. The van der Waals surface area contributed by atoms with Crippen LogP contribution >= 0.6 is 0 Å². The minimum atomic E-state index is 0.550. The first-order chi connectivity index (χ1) is 8.91. The van der Waals surface area contributed by atoms with E-state index in [9.17, 15) is 0 Å². The van der Waals surface area contributed by atoms with Gasteiger partial charge in [-0.3, -0.25) is 0 Å². The van der Waals surface area contributed by atoms with Crippen molar-refractivity contribution in [1.29, 1.82) is 0 Å². The minimum absolute atomic E-state index is 0.550. The summed E-state index contributed by atoms with van der Waals surface area (Å²) in [5.74, 6) is 0. The maximum atomic E-state index is 2.27. The summed E-state index contributed by atoms with van der Waals surface area (Å²) in [6, 6.07) is 10.6. The van der Waals surface area contributed by atoms with E-state index in [1.807, 2.05) is 0 Å². The number of hydrogen-bond acceptors (Lipinski definition) is 0. The van der Waals surface area contributed by atoms with E-state index in [2.05, 4.69) is 78.8 Å². The van der Waals surface area contributed by atoms with Gasteiger partial charge in [0.05, 0.1) is 0 Å². The van der Waals surface area contributed by atoms with Crippen LogP contribution in [0, 0.1) is 5.41 Å². The van der Waals surface area contributed by atoms with Crippen LogP contribution in [-0.4, -0.2) is 0 Å². The lowest BCUT2D eigenvalue weighted by Gasteiger charge is -2.15. The molecule has 0 atom stereocenters. The van der Waals surface area contributed by atoms with E-state index in [1.165, 1.54) is 37.7 Å². The molecular weight excluding hydrogens is 228 g/mol. The van der Waals surface area contributed by atoms with Gasteiger partial charge in [0, 0.05) is 0 Å². The second kappa shape index (κ2) is 13.6. The van der Waals surface area contributed by atoms with Crippen molar-refractivity contribution in [3.63, 3.8) is 0 Å². The molecule has 1 aromatic carbocycles. The van der Waals surface area contributed by atoms with E-state index >= 15 is 0 Å². The number of rotatable bonds is 3. The normalized spacial score (nSPS) is 9.84. The Hall–Kier alpha value is -0.780. The molecule has 0 aliphatic rings. The van der Waals surface area contributed by atoms with Crippen molar-refractivity contribution < 1.29 is 0 Å². The molecule has 0 N–H and O–H groups in total. The van der Waals surface area contributed by atoms with E-state index in [1.54, 1.807) is 0 Å². The molecule has 0 spiro atoms. The van der Waals surface area contributed by atoms with Crippen LogP contribution in [0.15, 0.2) is 30.3 Å². The smallest absolute Gasteiger partial charge is 0.0281 e. The van der Waals surface area contributed by atoms with Crippen molar-refractivity contribution in [2.24, 2.45) is 5.41 Å². The van der Waals surface area contributed by atoms with Crippen molar-refractivity contribution in [3.8, 4) is 0 Å². The van der Waals surface area contributed by atoms with Gasteiger partial charge in [0.2, 0.25) is 0 Å². The molecule has 1 rings (SSSR count). The van der Waals surface area contributed by atoms with Gasteiger partial charge in [0.15, 0.2) is 0 Å². The molecule has 0 unspecified atom stereocenters. The molecular formula is C19H36. The number of hydrogen-bond donors (Lipinski definition) is 0. The highest BCUT2D eigenvalue weighted by Crippen LogP contribution is 2.19. The summed E-state index contributed by atoms with van der Waals surface area (Å²) in [7, 11) is 0. The quantitative estimate of drug-likeness (QED) is 0.557. The molecule has 0 saturated carbocycles. The Morgan fingerprint density at radius 3 is 1.53 bits per heavy atom. The average Bonchev–Trinajstić information content (AvgIpc) is 2.31. The molecule has 0 aliphatic heterocycles. The van der Waals surface area contributed by atoms with Crippen molar-refractivity contribution in [3.05, 3.63) is 35.9 Å². The van der Waals surface area contributed by atoms with Gasteiger partial charge in [0.1, 0.15) is 0 Å². The summed E-state index contributed by atoms with van der Waals surface area (Å²) in [4.78, 5) is 0. The SMILES string of the molecule is CCC.CCCC(C)(C)C.CCCc1ccccc1. The molecule has 0 nitrogen and oxygen atoms in total. The molecule has 0 heteroatoms. The average molecular weight is 264 g/mol. The highest BCUT2D eigenvalue weighted by Gasteiger charge is 2.06.